The Bertz CT molecular complexity index is 832. The summed E-state index contributed by atoms with van der Waals surface area (Å²) in [5, 5.41) is 2.88. The number of nitrogens with zero attached hydrogens (tertiary/aromatic N) is 1. The smallest absolute Gasteiger partial charge is 0.255 e. The molecule has 6 heteroatoms. The topological polar surface area (TPSA) is 67.9 Å². The van der Waals surface area contributed by atoms with Gasteiger partial charge in [0.15, 0.2) is 11.5 Å². The summed E-state index contributed by atoms with van der Waals surface area (Å²) in [6.45, 7) is 0. The van der Waals surface area contributed by atoms with Crippen LogP contribution in [0.4, 0.5) is 11.4 Å². The molecule has 1 aliphatic heterocycles. The molecule has 2 aromatic carbocycles. The van der Waals surface area contributed by atoms with Crippen molar-refractivity contribution in [2.24, 2.45) is 0 Å². The lowest BCUT2D eigenvalue weighted by molar-refractivity contribution is -0.118. The number of methoxy groups -OCH3 is 2. The second-order valence-corrected chi connectivity index (χ2v) is 5.82. The predicted molar refractivity (Wildman–Crippen MR) is 95.7 cm³/mol. The molecule has 0 spiro atoms. The fourth-order valence-electron chi connectivity index (χ4n) is 2.92. The van der Waals surface area contributed by atoms with E-state index in [1.807, 2.05) is 12.1 Å². The van der Waals surface area contributed by atoms with Crippen LogP contribution in [0.5, 0.6) is 11.5 Å². The first kappa shape index (κ1) is 16.8. The SMILES string of the molecule is COc1ccc(C(=O)Nc2ccc3c(c2)CCC(=O)N3C)cc1OC. The summed E-state index contributed by atoms with van der Waals surface area (Å²) in [6.07, 6.45) is 1.16. The summed E-state index contributed by atoms with van der Waals surface area (Å²) < 4.78 is 10.4. The van der Waals surface area contributed by atoms with E-state index in [1.54, 1.807) is 43.3 Å². The minimum absolute atomic E-state index is 0.106. The molecule has 2 amide bonds. The zero-order valence-electron chi connectivity index (χ0n) is 14.5. The Morgan fingerprint density at radius 1 is 1.04 bits per heavy atom. The molecule has 0 aromatic heterocycles. The van der Waals surface area contributed by atoms with Gasteiger partial charge in [-0.05, 0) is 48.4 Å². The van der Waals surface area contributed by atoms with E-state index in [0.717, 1.165) is 11.3 Å². The molecule has 0 saturated heterocycles. The Morgan fingerprint density at radius 2 is 1.80 bits per heavy atom. The van der Waals surface area contributed by atoms with Gasteiger partial charge in [0.25, 0.3) is 5.91 Å². The van der Waals surface area contributed by atoms with E-state index >= 15 is 0 Å². The quantitative estimate of drug-likeness (QED) is 0.929. The Labute approximate surface area is 146 Å². The highest BCUT2D eigenvalue weighted by molar-refractivity contribution is 6.05. The molecular formula is C19H20N2O4. The zero-order chi connectivity index (χ0) is 18.0. The van der Waals surface area contributed by atoms with Gasteiger partial charge < -0.3 is 19.7 Å². The van der Waals surface area contributed by atoms with Gasteiger partial charge in [-0.1, -0.05) is 0 Å². The number of carbonyl (C=O) groups is 2. The molecule has 6 nitrogen and oxygen atoms in total. The number of fused-ring (bicyclic) bond motifs is 1. The fraction of sp³-hybridized carbons (Fsp3) is 0.263. The van der Waals surface area contributed by atoms with Crippen LogP contribution in [0.25, 0.3) is 0 Å². The van der Waals surface area contributed by atoms with Crippen LogP contribution in [-0.4, -0.2) is 33.1 Å². The van der Waals surface area contributed by atoms with Gasteiger partial charge in [-0.25, -0.2) is 0 Å². The van der Waals surface area contributed by atoms with Gasteiger partial charge in [-0.15, -0.1) is 0 Å². The monoisotopic (exact) mass is 340 g/mol. The van der Waals surface area contributed by atoms with Crippen molar-refractivity contribution < 1.29 is 19.1 Å². The number of benzene rings is 2. The fourth-order valence-corrected chi connectivity index (χ4v) is 2.92. The average Bonchev–Trinajstić information content (AvgIpc) is 2.64. The average molecular weight is 340 g/mol. The Morgan fingerprint density at radius 3 is 2.52 bits per heavy atom. The molecule has 0 radical (unpaired) electrons. The molecule has 25 heavy (non-hydrogen) atoms. The van der Waals surface area contributed by atoms with Crippen molar-refractivity contribution in [3.63, 3.8) is 0 Å². The zero-order valence-corrected chi connectivity index (χ0v) is 14.5. The summed E-state index contributed by atoms with van der Waals surface area (Å²) >= 11 is 0. The van der Waals surface area contributed by atoms with Crippen molar-refractivity contribution in [2.75, 3.05) is 31.5 Å². The predicted octanol–water partition coefficient (Wildman–Crippen LogP) is 2.87. The van der Waals surface area contributed by atoms with Gasteiger partial charge in [0, 0.05) is 30.4 Å². The van der Waals surface area contributed by atoms with Gasteiger partial charge in [0.2, 0.25) is 5.91 Å². The number of hydrogen-bond donors (Lipinski definition) is 1. The van der Waals surface area contributed by atoms with Crippen molar-refractivity contribution in [3.8, 4) is 11.5 Å². The molecule has 1 N–H and O–H groups in total. The number of carbonyl (C=O) groups excluding carboxylic acids is 2. The number of amides is 2. The largest absolute Gasteiger partial charge is 0.493 e. The lowest BCUT2D eigenvalue weighted by Crippen LogP contribution is -2.31. The highest BCUT2D eigenvalue weighted by Crippen LogP contribution is 2.30. The van der Waals surface area contributed by atoms with Gasteiger partial charge in [-0.3, -0.25) is 9.59 Å². The first-order valence-electron chi connectivity index (χ1n) is 7.96. The third-order valence-electron chi connectivity index (χ3n) is 4.33. The van der Waals surface area contributed by atoms with Crippen LogP contribution in [0.2, 0.25) is 0 Å². The molecule has 130 valence electrons. The molecular weight excluding hydrogens is 320 g/mol. The number of hydrogen-bond acceptors (Lipinski definition) is 4. The highest BCUT2D eigenvalue weighted by Gasteiger charge is 2.21. The molecule has 0 aliphatic carbocycles. The standard InChI is InChI=1S/C19H20N2O4/c1-21-15-7-6-14(10-12(15)5-9-18(21)22)20-19(23)13-4-8-16(24-2)17(11-13)25-3/h4,6-8,10-11H,5,9H2,1-3H3,(H,20,23). The molecule has 0 bridgehead atoms. The van der Waals surface area contributed by atoms with Crippen molar-refractivity contribution in [3.05, 3.63) is 47.5 Å². The molecule has 3 rings (SSSR count). The van der Waals surface area contributed by atoms with Gasteiger partial charge >= 0.3 is 0 Å². The van der Waals surface area contributed by atoms with Crippen molar-refractivity contribution in [1.29, 1.82) is 0 Å². The summed E-state index contributed by atoms with van der Waals surface area (Å²) in [4.78, 5) is 25.9. The Hall–Kier alpha value is -3.02. The van der Waals surface area contributed by atoms with E-state index < -0.39 is 0 Å². The lowest BCUT2D eigenvalue weighted by atomic mass is 10.0. The summed E-state index contributed by atoms with van der Waals surface area (Å²) in [6, 6.07) is 10.6. The van der Waals surface area contributed by atoms with E-state index in [4.69, 9.17) is 9.47 Å². The van der Waals surface area contributed by atoms with Gasteiger partial charge in [0.1, 0.15) is 0 Å². The molecule has 2 aromatic rings. The third-order valence-corrected chi connectivity index (χ3v) is 4.33. The minimum Gasteiger partial charge on any atom is -0.493 e. The van der Waals surface area contributed by atoms with Crippen LogP contribution in [0.1, 0.15) is 22.3 Å². The summed E-state index contributed by atoms with van der Waals surface area (Å²) in [5.74, 6) is 0.942. The second-order valence-electron chi connectivity index (χ2n) is 5.82. The maximum atomic E-state index is 12.5. The van der Waals surface area contributed by atoms with Crippen LogP contribution >= 0.6 is 0 Å². The van der Waals surface area contributed by atoms with Crippen LogP contribution in [0.3, 0.4) is 0 Å². The number of ether oxygens (including phenoxy) is 2. The van der Waals surface area contributed by atoms with Crippen molar-refractivity contribution in [1.82, 2.24) is 0 Å². The van der Waals surface area contributed by atoms with Crippen LogP contribution in [0.15, 0.2) is 36.4 Å². The molecule has 0 atom stereocenters. The first-order chi connectivity index (χ1) is 12.0. The first-order valence-corrected chi connectivity index (χ1v) is 7.96. The van der Waals surface area contributed by atoms with Gasteiger partial charge in [0.05, 0.1) is 14.2 Å². The van der Waals surface area contributed by atoms with E-state index in [-0.39, 0.29) is 11.8 Å². The van der Waals surface area contributed by atoms with Crippen LogP contribution in [-0.2, 0) is 11.2 Å². The maximum Gasteiger partial charge on any atom is 0.255 e. The molecule has 0 fully saturated rings. The number of rotatable bonds is 4. The number of nitrogens with one attached hydrogen (secondary N) is 1. The number of anilines is 2. The lowest BCUT2D eigenvalue weighted by Gasteiger charge is -2.26. The van der Waals surface area contributed by atoms with E-state index in [2.05, 4.69) is 5.32 Å². The molecule has 0 unspecified atom stereocenters. The third kappa shape index (κ3) is 3.28. The highest BCUT2D eigenvalue weighted by atomic mass is 16.5. The van der Waals surface area contributed by atoms with Crippen molar-refractivity contribution >= 4 is 23.2 Å². The number of aryl methyl sites for hydroxylation is 1. The van der Waals surface area contributed by atoms with E-state index in [1.165, 1.54) is 7.11 Å². The summed E-state index contributed by atoms with van der Waals surface area (Å²) in [7, 11) is 4.84. The van der Waals surface area contributed by atoms with E-state index in [0.29, 0.717) is 35.6 Å². The second kappa shape index (κ2) is 6.84. The van der Waals surface area contributed by atoms with Crippen molar-refractivity contribution in [2.45, 2.75) is 12.8 Å². The minimum atomic E-state index is -0.235. The van der Waals surface area contributed by atoms with Crippen LogP contribution in [0, 0.1) is 0 Å². The van der Waals surface area contributed by atoms with E-state index in [9.17, 15) is 9.59 Å². The summed E-state index contributed by atoms with van der Waals surface area (Å²) in [5.41, 5.74) is 3.11. The normalized spacial score (nSPS) is 13.2. The molecule has 1 aliphatic rings. The van der Waals surface area contributed by atoms with Gasteiger partial charge in [-0.2, -0.15) is 0 Å². The maximum absolute atomic E-state index is 12.5. The molecule has 0 saturated carbocycles. The molecule has 1 heterocycles. The Balaban J connectivity index is 1.81. The Kier molecular flexibility index (Phi) is 4.61. The van der Waals surface area contributed by atoms with Crippen LogP contribution < -0.4 is 19.7 Å².